The first-order valence-electron chi connectivity index (χ1n) is 6.83. The molecule has 0 spiro atoms. The number of hydrogen-bond donors (Lipinski definition) is 1. The van der Waals surface area contributed by atoms with Gasteiger partial charge in [0.1, 0.15) is 11.5 Å². The lowest BCUT2D eigenvalue weighted by Crippen LogP contribution is -2.30. The normalized spacial score (nSPS) is 22.9. The van der Waals surface area contributed by atoms with Crippen molar-refractivity contribution in [3.05, 3.63) is 17.2 Å². The summed E-state index contributed by atoms with van der Waals surface area (Å²) in [7, 11) is 3.27. The molecule has 1 aliphatic rings. The summed E-state index contributed by atoms with van der Waals surface area (Å²) >= 11 is 6.19. The lowest BCUT2D eigenvalue weighted by molar-refractivity contribution is 0.347. The van der Waals surface area contributed by atoms with Gasteiger partial charge in [0, 0.05) is 12.1 Å². The van der Waals surface area contributed by atoms with Gasteiger partial charge < -0.3 is 14.8 Å². The molecule has 2 unspecified atom stereocenters. The number of nitrogens with one attached hydrogen (secondary N) is 1. The van der Waals surface area contributed by atoms with E-state index in [9.17, 15) is 0 Å². The van der Waals surface area contributed by atoms with Crippen molar-refractivity contribution in [2.24, 2.45) is 5.92 Å². The molecule has 0 aromatic heterocycles. The summed E-state index contributed by atoms with van der Waals surface area (Å²) in [5.74, 6) is 2.10. The Labute approximate surface area is 120 Å². The molecule has 1 aromatic carbocycles. The minimum Gasteiger partial charge on any atom is -0.495 e. The smallest absolute Gasteiger partial charge is 0.145 e. The largest absolute Gasteiger partial charge is 0.495 e. The topological polar surface area (TPSA) is 30.5 Å². The summed E-state index contributed by atoms with van der Waals surface area (Å²) in [5, 5.41) is 4.18. The van der Waals surface area contributed by atoms with Crippen LogP contribution in [-0.2, 0) is 0 Å². The summed E-state index contributed by atoms with van der Waals surface area (Å²) in [6.07, 6.45) is 5.10. The second kappa shape index (κ2) is 6.38. The molecule has 1 aromatic rings. The molecule has 0 heterocycles. The predicted molar refractivity (Wildman–Crippen MR) is 79.6 cm³/mol. The van der Waals surface area contributed by atoms with Crippen LogP contribution in [0.2, 0.25) is 5.02 Å². The summed E-state index contributed by atoms with van der Waals surface area (Å²) < 4.78 is 10.6. The van der Waals surface area contributed by atoms with E-state index >= 15 is 0 Å². The molecule has 1 fully saturated rings. The third kappa shape index (κ3) is 3.27. The standard InChI is InChI=1S/C15H22ClNO2/c1-10-6-4-5-7-12(10)17-13-8-11(16)14(18-2)9-15(13)19-3/h8-10,12,17H,4-7H2,1-3H3. The molecular formula is C15H22ClNO2. The average molecular weight is 284 g/mol. The fourth-order valence-corrected chi connectivity index (χ4v) is 2.94. The molecule has 106 valence electrons. The van der Waals surface area contributed by atoms with Gasteiger partial charge in [-0.05, 0) is 24.8 Å². The number of hydrogen-bond acceptors (Lipinski definition) is 3. The van der Waals surface area contributed by atoms with Crippen LogP contribution in [0.15, 0.2) is 12.1 Å². The quantitative estimate of drug-likeness (QED) is 0.891. The van der Waals surface area contributed by atoms with Crippen LogP contribution in [0.5, 0.6) is 11.5 Å². The molecule has 0 radical (unpaired) electrons. The number of rotatable bonds is 4. The van der Waals surface area contributed by atoms with Crippen molar-refractivity contribution in [1.82, 2.24) is 0 Å². The minimum atomic E-state index is 0.493. The van der Waals surface area contributed by atoms with Gasteiger partial charge in [0.15, 0.2) is 0 Å². The molecule has 2 atom stereocenters. The van der Waals surface area contributed by atoms with Crippen molar-refractivity contribution in [2.75, 3.05) is 19.5 Å². The first-order chi connectivity index (χ1) is 9.15. The van der Waals surface area contributed by atoms with Gasteiger partial charge in [-0.1, -0.05) is 31.4 Å². The Bertz CT molecular complexity index is 436. The van der Waals surface area contributed by atoms with Gasteiger partial charge in [0.25, 0.3) is 0 Å². The zero-order valence-corrected chi connectivity index (χ0v) is 12.6. The Balaban J connectivity index is 2.21. The molecular weight excluding hydrogens is 262 g/mol. The highest BCUT2D eigenvalue weighted by Gasteiger charge is 2.22. The van der Waals surface area contributed by atoms with Gasteiger partial charge >= 0.3 is 0 Å². The molecule has 3 nitrogen and oxygen atoms in total. The number of methoxy groups -OCH3 is 2. The number of anilines is 1. The maximum absolute atomic E-state index is 6.19. The maximum atomic E-state index is 6.19. The highest BCUT2D eigenvalue weighted by Crippen LogP contribution is 2.37. The molecule has 1 N–H and O–H groups in total. The first-order valence-corrected chi connectivity index (χ1v) is 7.21. The second-order valence-corrected chi connectivity index (χ2v) is 5.61. The SMILES string of the molecule is COc1cc(OC)c(NC2CCCCC2C)cc1Cl. The van der Waals surface area contributed by atoms with E-state index in [0.29, 0.717) is 22.7 Å². The van der Waals surface area contributed by atoms with Crippen molar-refractivity contribution in [2.45, 2.75) is 38.6 Å². The van der Waals surface area contributed by atoms with Crippen LogP contribution in [0, 0.1) is 5.92 Å². The Kier molecular flexibility index (Phi) is 4.81. The van der Waals surface area contributed by atoms with Gasteiger partial charge in [-0.25, -0.2) is 0 Å². The molecule has 0 amide bonds. The third-order valence-corrected chi connectivity index (χ3v) is 4.22. The van der Waals surface area contributed by atoms with Gasteiger partial charge in [-0.3, -0.25) is 0 Å². The van der Waals surface area contributed by atoms with Crippen LogP contribution >= 0.6 is 11.6 Å². The predicted octanol–water partition coefficient (Wildman–Crippen LogP) is 4.35. The highest BCUT2D eigenvalue weighted by molar-refractivity contribution is 6.32. The molecule has 0 aliphatic heterocycles. The van der Waals surface area contributed by atoms with Crippen LogP contribution in [-0.4, -0.2) is 20.3 Å². The monoisotopic (exact) mass is 283 g/mol. The van der Waals surface area contributed by atoms with Crippen molar-refractivity contribution in [1.29, 1.82) is 0 Å². The second-order valence-electron chi connectivity index (χ2n) is 5.20. The van der Waals surface area contributed by atoms with E-state index in [2.05, 4.69) is 12.2 Å². The maximum Gasteiger partial charge on any atom is 0.145 e. The number of benzene rings is 1. The molecule has 0 bridgehead atoms. The van der Waals surface area contributed by atoms with Crippen molar-refractivity contribution in [3.8, 4) is 11.5 Å². The summed E-state index contributed by atoms with van der Waals surface area (Å²) in [4.78, 5) is 0. The minimum absolute atomic E-state index is 0.493. The van der Waals surface area contributed by atoms with Crippen molar-refractivity contribution >= 4 is 17.3 Å². The van der Waals surface area contributed by atoms with Crippen LogP contribution in [0.1, 0.15) is 32.6 Å². The van der Waals surface area contributed by atoms with E-state index in [4.69, 9.17) is 21.1 Å². The van der Waals surface area contributed by atoms with Gasteiger partial charge in [-0.2, -0.15) is 0 Å². The molecule has 4 heteroatoms. The zero-order chi connectivity index (χ0) is 13.8. The van der Waals surface area contributed by atoms with E-state index in [-0.39, 0.29) is 0 Å². The van der Waals surface area contributed by atoms with Crippen molar-refractivity contribution < 1.29 is 9.47 Å². The molecule has 19 heavy (non-hydrogen) atoms. The van der Waals surface area contributed by atoms with E-state index in [1.54, 1.807) is 14.2 Å². The number of ether oxygens (including phenoxy) is 2. The van der Waals surface area contributed by atoms with Gasteiger partial charge in [0.2, 0.25) is 0 Å². The van der Waals surface area contributed by atoms with E-state index in [1.165, 1.54) is 25.7 Å². The lowest BCUT2D eigenvalue weighted by Gasteiger charge is -2.31. The Morgan fingerprint density at radius 2 is 1.79 bits per heavy atom. The lowest BCUT2D eigenvalue weighted by atomic mass is 9.86. The van der Waals surface area contributed by atoms with E-state index in [0.717, 1.165) is 11.4 Å². The van der Waals surface area contributed by atoms with Crippen LogP contribution < -0.4 is 14.8 Å². The molecule has 0 saturated heterocycles. The van der Waals surface area contributed by atoms with Crippen LogP contribution in [0.25, 0.3) is 0 Å². The third-order valence-electron chi connectivity index (χ3n) is 3.93. The van der Waals surface area contributed by atoms with E-state index < -0.39 is 0 Å². The van der Waals surface area contributed by atoms with Crippen LogP contribution in [0.3, 0.4) is 0 Å². The Morgan fingerprint density at radius 1 is 1.11 bits per heavy atom. The van der Waals surface area contributed by atoms with Crippen LogP contribution in [0.4, 0.5) is 5.69 Å². The highest BCUT2D eigenvalue weighted by atomic mass is 35.5. The summed E-state index contributed by atoms with van der Waals surface area (Å²) in [5.41, 5.74) is 0.951. The van der Waals surface area contributed by atoms with Gasteiger partial charge in [-0.15, -0.1) is 0 Å². The average Bonchev–Trinajstić information content (AvgIpc) is 2.42. The summed E-state index contributed by atoms with van der Waals surface area (Å²) in [6.45, 7) is 2.30. The molecule has 2 rings (SSSR count). The van der Waals surface area contributed by atoms with Gasteiger partial charge in [0.05, 0.1) is 24.9 Å². The van der Waals surface area contributed by atoms with Crippen molar-refractivity contribution in [3.63, 3.8) is 0 Å². The summed E-state index contributed by atoms with van der Waals surface area (Å²) in [6, 6.07) is 4.21. The molecule has 1 aliphatic carbocycles. The molecule has 1 saturated carbocycles. The fourth-order valence-electron chi connectivity index (χ4n) is 2.70. The zero-order valence-electron chi connectivity index (χ0n) is 11.8. The Hall–Kier alpha value is -1.09. The first kappa shape index (κ1) is 14.3. The Morgan fingerprint density at radius 3 is 2.42 bits per heavy atom. The number of halogens is 1. The van der Waals surface area contributed by atoms with E-state index in [1.807, 2.05) is 12.1 Å². The fraction of sp³-hybridized carbons (Fsp3) is 0.600.